The first kappa shape index (κ1) is 16.3. The van der Waals surface area contributed by atoms with Crippen molar-refractivity contribution in [1.82, 2.24) is 5.32 Å². The van der Waals surface area contributed by atoms with Crippen LogP contribution in [0, 0.1) is 11.8 Å². The fourth-order valence-corrected chi connectivity index (χ4v) is 3.78. The second-order valence-electron chi connectivity index (χ2n) is 3.95. The van der Waals surface area contributed by atoms with Gasteiger partial charge in [-0.25, -0.2) is 0 Å². The van der Waals surface area contributed by atoms with Crippen LogP contribution < -0.4 is 5.32 Å². The molecule has 0 bridgehead atoms. The van der Waals surface area contributed by atoms with Crippen LogP contribution in [0.15, 0.2) is 17.5 Å². The van der Waals surface area contributed by atoms with E-state index in [9.17, 15) is 4.79 Å². The van der Waals surface area contributed by atoms with Gasteiger partial charge in [-0.05, 0) is 17.5 Å². The highest BCUT2D eigenvalue weighted by molar-refractivity contribution is 7.20. The molecule has 1 amide bonds. The number of hydrogen-bond donors (Lipinski definition) is 2. The highest BCUT2D eigenvalue weighted by Gasteiger charge is 2.14. The molecule has 0 aromatic carbocycles. The monoisotopic (exact) mass is 359 g/mol. The van der Waals surface area contributed by atoms with Gasteiger partial charge in [0.25, 0.3) is 5.91 Å². The van der Waals surface area contributed by atoms with E-state index in [0.717, 1.165) is 21.8 Å². The summed E-state index contributed by atoms with van der Waals surface area (Å²) < 4.78 is 0.864. The molecule has 0 radical (unpaired) electrons. The smallest absolute Gasteiger partial charge is 0.254 e. The van der Waals surface area contributed by atoms with Crippen LogP contribution in [0.2, 0.25) is 8.67 Å². The van der Waals surface area contributed by atoms with Crippen molar-refractivity contribution in [3.63, 3.8) is 0 Å². The maximum atomic E-state index is 12.0. The molecule has 2 aromatic heterocycles. The van der Waals surface area contributed by atoms with Gasteiger partial charge < -0.3 is 10.4 Å². The molecule has 110 valence electrons. The van der Waals surface area contributed by atoms with Crippen molar-refractivity contribution in [3.8, 4) is 11.8 Å². The summed E-state index contributed by atoms with van der Waals surface area (Å²) >= 11 is 14.5. The van der Waals surface area contributed by atoms with Gasteiger partial charge >= 0.3 is 0 Å². The van der Waals surface area contributed by atoms with Crippen LogP contribution >= 0.6 is 45.9 Å². The molecule has 0 aliphatic heterocycles. The summed E-state index contributed by atoms with van der Waals surface area (Å²) in [7, 11) is 0. The molecule has 0 saturated carbocycles. The van der Waals surface area contributed by atoms with Crippen molar-refractivity contribution in [3.05, 3.63) is 42.2 Å². The summed E-state index contributed by atoms with van der Waals surface area (Å²) in [6.07, 6.45) is 0.435. The number of carbonyl (C=O) groups excluding carboxylic acids is 1. The predicted octanol–water partition coefficient (Wildman–Crippen LogP) is 3.78. The minimum Gasteiger partial charge on any atom is -0.395 e. The summed E-state index contributed by atoms with van der Waals surface area (Å²) in [5.74, 6) is 5.59. The Bertz CT molecular complexity index is 697. The van der Waals surface area contributed by atoms with Crippen LogP contribution in [0.3, 0.4) is 0 Å². The summed E-state index contributed by atoms with van der Waals surface area (Å²) in [4.78, 5) is 13.0. The van der Waals surface area contributed by atoms with Crippen molar-refractivity contribution in [2.24, 2.45) is 0 Å². The number of nitrogens with one attached hydrogen (secondary N) is 1. The lowest BCUT2D eigenvalue weighted by Crippen LogP contribution is -2.22. The molecule has 0 unspecified atom stereocenters. The summed E-state index contributed by atoms with van der Waals surface area (Å²) in [6.45, 7) is 0.421. The fourth-order valence-electron chi connectivity index (χ4n) is 1.55. The molecule has 0 fully saturated rings. The first-order chi connectivity index (χ1) is 10.1. The first-order valence-corrected chi connectivity index (χ1v) is 8.46. The largest absolute Gasteiger partial charge is 0.395 e. The first-order valence-electron chi connectivity index (χ1n) is 6.01. The van der Waals surface area contributed by atoms with Gasteiger partial charge in [-0.1, -0.05) is 35.0 Å². The second-order valence-corrected chi connectivity index (χ2v) is 7.24. The fraction of sp³-hybridized carbons (Fsp3) is 0.214. The molecule has 0 aliphatic rings. The van der Waals surface area contributed by atoms with Crippen LogP contribution in [0.1, 0.15) is 27.2 Å². The average molecular weight is 360 g/mol. The molecule has 0 saturated heterocycles. The molecule has 2 N–H and O–H groups in total. The van der Waals surface area contributed by atoms with E-state index < -0.39 is 0 Å². The molecule has 7 heteroatoms. The number of thiophene rings is 2. The number of hydrogen-bond acceptors (Lipinski definition) is 4. The molecule has 0 aliphatic carbocycles. The molecule has 2 rings (SSSR count). The third-order valence-corrected chi connectivity index (χ3v) is 4.92. The highest BCUT2D eigenvalue weighted by atomic mass is 35.5. The van der Waals surface area contributed by atoms with Gasteiger partial charge in [0.05, 0.1) is 23.1 Å². The Morgan fingerprint density at radius 1 is 1.43 bits per heavy atom. The zero-order chi connectivity index (χ0) is 15.2. The standard InChI is InChI=1S/C14H11Cl2NO2S2/c15-12-7-10(13(16)21-12)14(19)17-8-11-9(4-6-20-11)3-1-2-5-18/h4,6-7,18H,2,5,8H2,(H,17,19). The molecule has 21 heavy (non-hydrogen) atoms. The summed E-state index contributed by atoms with van der Waals surface area (Å²) in [5.41, 5.74) is 1.25. The van der Waals surface area contributed by atoms with E-state index in [1.54, 1.807) is 6.07 Å². The van der Waals surface area contributed by atoms with Crippen molar-refractivity contribution in [1.29, 1.82) is 0 Å². The molecule has 3 nitrogen and oxygen atoms in total. The topological polar surface area (TPSA) is 49.3 Å². The maximum absolute atomic E-state index is 12.0. The van der Waals surface area contributed by atoms with Crippen molar-refractivity contribution in [2.45, 2.75) is 13.0 Å². The van der Waals surface area contributed by atoms with Crippen LogP contribution in [0.4, 0.5) is 0 Å². The number of amides is 1. The van der Waals surface area contributed by atoms with E-state index in [0.29, 0.717) is 27.2 Å². The Hall–Kier alpha value is -1.03. The second kappa shape index (κ2) is 7.83. The Labute approximate surface area is 140 Å². The number of halogens is 2. The van der Waals surface area contributed by atoms with Gasteiger partial charge in [-0.2, -0.15) is 0 Å². The lowest BCUT2D eigenvalue weighted by atomic mass is 10.2. The lowest BCUT2D eigenvalue weighted by Gasteiger charge is -2.03. The van der Waals surface area contributed by atoms with Crippen LogP contribution in [0.25, 0.3) is 0 Å². The number of aliphatic hydroxyl groups excluding tert-OH is 1. The molecule has 0 spiro atoms. The van der Waals surface area contributed by atoms with Gasteiger partial charge in [0, 0.05) is 16.9 Å². The third-order valence-electron chi connectivity index (χ3n) is 2.52. The quantitative estimate of drug-likeness (QED) is 0.816. The van der Waals surface area contributed by atoms with Crippen molar-refractivity contribution >= 4 is 51.8 Å². The molecular weight excluding hydrogens is 349 g/mol. The molecule has 2 aromatic rings. The number of rotatable bonds is 4. The average Bonchev–Trinajstić information content (AvgIpc) is 3.03. The van der Waals surface area contributed by atoms with E-state index in [2.05, 4.69) is 17.2 Å². The number of aliphatic hydroxyl groups is 1. The minimum atomic E-state index is -0.259. The Morgan fingerprint density at radius 2 is 2.24 bits per heavy atom. The minimum absolute atomic E-state index is 0.0423. The maximum Gasteiger partial charge on any atom is 0.254 e. The Balaban J connectivity index is 2.01. The Morgan fingerprint density at radius 3 is 2.90 bits per heavy atom. The van der Waals surface area contributed by atoms with Gasteiger partial charge in [0.2, 0.25) is 0 Å². The van der Waals surface area contributed by atoms with Gasteiger partial charge in [0.15, 0.2) is 0 Å². The van der Waals surface area contributed by atoms with E-state index in [-0.39, 0.29) is 12.5 Å². The van der Waals surface area contributed by atoms with Gasteiger partial charge in [0.1, 0.15) is 4.34 Å². The predicted molar refractivity (Wildman–Crippen MR) is 88.4 cm³/mol. The normalized spacial score (nSPS) is 10.0. The van der Waals surface area contributed by atoms with Gasteiger partial charge in [-0.3, -0.25) is 4.79 Å². The molecule has 2 heterocycles. The van der Waals surface area contributed by atoms with Crippen LogP contribution in [0.5, 0.6) is 0 Å². The highest BCUT2D eigenvalue weighted by Crippen LogP contribution is 2.31. The van der Waals surface area contributed by atoms with E-state index in [1.807, 2.05) is 11.4 Å². The molecular formula is C14H11Cl2NO2S2. The summed E-state index contributed by atoms with van der Waals surface area (Å²) in [5, 5.41) is 13.4. The third kappa shape index (κ3) is 4.47. The summed E-state index contributed by atoms with van der Waals surface area (Å²) in [6, 6.07) is 3.45. The van der Waals surface area contributed by atoms with Crippen molar-refractivity contribution in [2.75, 3.05) is 6.61 Å². The zero-order valence-corrected chi connectivity index (χ0v) is 13.9. The van der Waals surface area contributed by atoms with Crippen LogP contribution in [-0.4, -0.2) is 17.6 Å². The van der Waals surface area contributed by atoms with Gasteiger partial charge in [-0.15, -0.1) is 22.7 Å². The molecule has 0 atom stereocenters. The lowest BCUT2D eigenvalue weighted by molar-refractivity contribution is 0.0952. The van der Waals surface area contributed by atoms with Crippen LogP contribution in [-0.2, 0) is 6.54 Å². The Kier molecular flexibility index (Phi) is 6.09. The SMILES string of the molecule is O=C(NCc1sccc1C#CCCO)c1cc(Cl)sc1Cl. The van der Waals surface area contributed by atoms with E-state index >= 15 is 0 Å². The zero-order valence-electron chi connectivity index (χ0n) is 10.8. The number of carbonyl (C=O) groups is 1. The van der Waals surface area contributed by atoms with E-state index in [1.165, 1.54) is 11.3 Å². The van der Waals surface area contributed by atoms with Crippen molar-refractivity contribution < 1.29 is 9.90 Å². The van der Waals surface area contributed by atoms with E-state index in [4.69, 9.17) is 28.3 Å².